The van der Waals surface area contributed by atoms with Gasteiger partial charge in [0, 0.05) is 25.8 Å². The van der Waals surface area contributed by atoms with Crippen molar-refractivity contribution in [1.82, 2.24) is 9.29 Å². The molecule has 2 aliphatic rings. The summed E-state index contributed by atoms with van der Waals surface area (Å²) in [6.07, 6.45) is 7.11. The Kier molecular flexibility index (Phi) is 5.43. The van der Waals surface area contributed by atoms with Crippen molar-refractivity contribution in [1.29, 1.82) is 0 Å². The summed E-state index contributed by atoms with van der Waals surface area (Å²) in [5.41, 5.74) is 3.21. The number of aromatic nitrogens is 1. The van der Waals surface area contributed by atoms with E-state index in [2.05, 4.69) is 17.9 Å². The third kappa shape index (κ3) is 3.67. The molecule has 2 aromatic rings. The fourth-order valence-electron chi connectivity index (χ4n) is 4.40. The van der Waals surface area contributed by atoms with Crippen LogP contribution >= 0.6 is 0 Å². The quantitative estimate of drug-likeness (QED) is 0.773. The second-order valence-corrected chi connectivity index (χ2v) is 9.93. The third-order valence-corrected chi connectivity index (χ3v) is 7.87. The Morgan fingerprint density at radius 1 is 0.964 bits per heavy atom. The predicted octanol–water partition coefficient (Wildman–Crippen LogP) is 4.21. The van der Waals surface area contributed by atoms with Gasteiger partial charge in [-0.2, -0.15) is 4.31 Å². The molecule has 0 amide bonds. The normalized spacial score (nSPS) is 21.2. The van der Waals surface area contributed by atoms with Crippen LogP contribution < -0.4 is 4.90 Å². The fourth-order valence-corrected chi connectivity index (χ4v) is 6.09. The molecule has 1 aromatic carbocycles. The summed E-state index contributed by atoms with van der Waals surface area (Å²) in [5.74, 6) is 1.05. The Labute approximate surface area is 168 Å². The van der Waals surface area contributed by atoms with E-state index in [9.17, 15) is 8.42 Å². The highest BCUT2D eigenvalue weighted by atomic mass is 32.2. The van der Waals surface area contributed by atoms with Gasteiger partial charge in [-0.05, 0) is 68.9 Å². The molecule has 150 valence electrons. The highest BCUT2D eigenvalue weighted by Crippen LogP contribution is 2.36. The third-order valence-electron chi connectivity index (χ3n) is 5.94. The Balaban J connectivity index is 1.65. The molecule has 4 rings (SSSR count). The van der Waals surface area contributed by atoms with Gasteiger partial charge in [0.05, 0.1) is 10.9 Å². The van der Waals surface area contributed by atoms with E-state index in [1.54, 1.807) is 16.4 Å². The van der Waals surface area contributed by atoms with Crippen molar-refractivity contribution in [3.05, 3.63) is 53.2 Å². The zero-order chi connectivity index (χ0) is 19.7. The van der Waals surface area contributed by atoms with Crippen LogP contribution in [0.3, 0.4) is 0 Å². The molecule has 3 heterocycles. The maximum atomic E-state index is 13.3. The molecular weight excluding hydrogens is 370 g/mol. The first-order chi connectivity index (χ1) is 13.5. The average molecular weight is 400 g/mol. The first kappa shape index (κ1) is 19.4. The molecule has 0 radical (unpaired) electrons. The van der Waals surface area contributed by atoms with Gasteiger partial charge in [-0.3, -0.25) is 0 Å². The summed E-state index contributed by atoms with van der Waals surface area (Å²) in [6, 6.07) is 9.17. The number of piperidine rings is 1. The van der Waals surface area contributed by atoms with Crippen LogP contribution in [0.25, 0.3) is 0 Å². The molecule has 0 N–H and O–H groups in total. The lowest BCUT2D eigenvalue weighted by molar-refractivity contribution is 0.255. The standard InChI is InChI=1S/C22H29N3O2S/c1-17-8-10-20(11-9-17)28(26,27)25-14-4-3-7-21(25)19-15-18(2)22(23-16-19)24-12-5-6-13-24/h8-11,15-16,21H,3-7,12-14H2,1-2H3. The van der Waals surface area contributed by atoms with E-state index in [1.165, 1.54) is 12.8 Å². The summed E-state index contributed by atoms with van der Waals surface area (Å²) < 4.78 is 28.4. The zero-order valence-electron chi connectivity index (χ0n) is 16.8. The van der Waals surface area contributed by atoms with Crippen molar-refractivity contribution >= 4 is 15.8 Å². The van der Waals surface area contributed by atoms with Crippen molar-refractivity contribution in [2.24, 2.45) is 0 Å². The average Bonchev–Trinajstić information content (AvgIpc) is 3.23. The molecule has 0 saturated carbocycles. The van der Waals surface area contributed by atoms with E-state index in [1.807, 2.05) is 25.3 Å². The molecule has 6 heteroatoms. The summed E-state index contributed by atoms with van der Waals surface area (Å²) >= 11 is 0. The molecule has 28 heavy (non-hydrogen) atoms. The summed E-state index contributed by atoms with van der Waals surface area (Å²) in [4.78, 5) is 7.45. The number of aryl methyl sites for hydroxylation is 2. The Morgan fingerprint density at radius 2 is 1.64 bits per heavy atom. The number of hydrogen-bond acceptors (Lipinski definition) is 4. The van der Waals surface area contributed by atoms with Crippen molar-refractivity contribution in [2.45, 2.75) is 56.9 Å². The van der Waals surface area contributed by atoms with E-state index < -0.39 is 10.0 Å². The van der Waals surface area contributed by atoms with E-state index in [0.29, 0.717) is 11.4 Å². The smallest absolute Gasteiger partial charge is 0.243 e. The molecule has 2 fully saturated rings. The molecule has 0 bridgehead atoms. The van der Waals surface area contributed by atoms with Crippen LogP contribution in [-0.4, -0.2) is 37.3 Å². The molecule has 1 atom stereocenters. The Morgan fingerprint density at radius 3 is 2.32 bits per heavy atom. The summed E-state index contributed by atoms with van der Waals surface area (Å²) in [5, 5.41) is 0. The molecule has 2 aliphatic heterocycles. The van der Waals surface area contributed by atoms with Crippen molar-refractivity contribution in [3.63, 3.8) is 0 Å². The SMILES string of the molecule is Cc1ccc(S(=O)(=O)N2CCCCC2c2cnc(N3CCCC3)c(C)c2)cc1. The first-order valence-electron chi connectivity index (χ1n) is 10.3. The van der Waals surface area contributed by atoms with Crippen LogP contribution in [0.1, 0.15) is 54.8 Å². The monoisotopic (exact) mass is 399 g/mol. The highest BCUT2D eigenvalue weighted by molar-refractivity contribution is 7.89. The second kappa shape index (κ2) is 7.84. The topological polar surface area (TPSA) is 53.5 Å². The van der Waals surface area contributed by atoms with Crippen LogP contribution in [-0.2, 0) is 10.0 Å². The maximum absolute atomic E-state index is 13.3. The Hall–Kier alpha value is -1.92. The molecule has 5 nitrogen and oxygen atoms in total. The fraction of sp³-hybridized carbons (Fsp3) is 0.500. The number of rotatable bonds is 4. The molecule has 1 unspecified atom stereocenters. The highest BCUT2D eigenvalue weighted by Gasteiger charge is 2.35. The molecular formula is C22H29N3O2S. The number of benzene rings is 1. The van der Waals surface area contributed by atoms with Gasteiger partial charge in [0.15, 0.2) is 0 Å². The molecule has 1 aromatic heterocycles. The minimum Gasteiger partial charge on any atom is -0.356 e. The Bertz CT molecular complexity index is 935. The van der Waals surface area contributed by atoms with Gasteiger partial charge >= 0.3 is 0 Å². The van der Waals surface area contributed by atoms with Crippen LogP contribution in [0.2, 0.25) is 0 Å². The number of anilines is 1. The van der Waals surface area contributed by atoms with Crippen molar-refractivity contribution in [3.8, 4) is 0 Å². The lowest BCUT2D eigenvalue weighted by Gasteiger charge is -2.35. The minimum absolute atomic E-state index is 0.140. The first-order valence-corrected chi connectivity index (χ1v) is 11.7. The van der Waals surface area contributed by atoms with E-state index >= 15 is 0 Å². The van der Waals surface area contributed by atoms with E-state index in [-0.39, 0.29) is 6.04 Å². The summed E-state index contributed by atoms with van der Waals surface area (Å²) in [7, 11) is -3.52. The van der Waals surface area contributed by atoms with Gasteiger partial charge in [0.1, 0.15) is 5.82 Å². The number of sulfonamides is 1. The minimum atomic E-state index is -3.52. The van der Waals surface area contributed by atoms with Gasteiger partial charge < -0.3 is 4.90 Å². The number of nitrogens with zero attached hydrogens (tertiary/aromatic N) is 3. The van der Waals surface area contributed by atoms with Gasteiger partial charge in [-0.15, -0.1) is 0 Å². The molecule has 0 aliphatic carbocycles. The summed E-state index contributed by atoms with van der Waals surface area (Å²) in [6.45, 7) is 6.74. The van der Waals surface area contributed by atoms with Crippen molar-refractivity contribution in [2.75, 3.05) is 24.5 Å². The molecule has 0 spiro atoms. The number of pyridine rings is 1. The number of hydrogen-bond donors (Lipinski definition) is 0. The lowest BCUT2D eigenvalue weighted by atomic mass is 9.98. The second-order valence-electron chi connectivity index (χ2n) is 8.04. The maximum Gasteiger partial charge on any atom is 0.243 e. The van der Waals surface area contributed by atoms with Gasteiger partial charge in [0.2, 0.25) is 10.0 Å². The van der Waals surface area contributed by atoms with E-state index in [4.69, 9.17) is 4.98 Å². The predicted molar refractivity (Wildman–Crippen MR) is 112 cm³/mol. The largest absolute Gasteiger partial charge is 0.356 e. The zero-order valence-corrected chi connectivity index (χ0v) is 17.6. The van der Waals surface area contributed by atoms with Crippen molar-refractivity contribution < 1.29 is 8.42 Å². The van der Waals surface area contributed by atoms with Crippen LogP contribution in [0.5, 0.6) is 0 Å². The molecule has 2 saturated heterocycles. The van der Waals surface area contributed by atoms with Crippen LogP contribution in [0.4, 0.5) is 5.82 Å². The van der Waals surface area contributed by atoms with Crippen LogP contribution in [0, 0.1) is 13.8 Å². The van der Waals surface area contributed by atoms with Gasteiger partial charge in [-0.1, -0.05) is 24.1 Å². The van der Waals surface area contributed by atoms with E-state index in [0.717, 1.165) is 54.9 Å². The van der Waals surface area contributed by atoms with Gasteiger partial charge in [0.25, 0.3) is 0 Å². The van der Waals surface area contributed by atoms with Gasteiger partial charge in [-0.25, -0.2) is 13.4 Å². The van der Waals surface area contributed by atoms with Crippen LogP contribution in [0.15, 0.2) is 41.4 Å². The lowest BCUT2D eigenvalue weighted by Crippen LogP contribution is -2.38.